The monoisotopic (exact) mass is 468 g/mol. The summed E-state index contributed by atoms with van der Waals surface area (Å²) >= 11 is 18.4. The number of halogens is 3. The Labute approximate surface area is 193 Å². The summed E-state index contributed by atoms with van der Waals surface area (Å²) in [5.41, 5.74) is 1.71. The number of hydrogen-bond donors (Lipinski definition) is 1. The molecule has 0 spiro atoms. The van der Waals surface area contributed by atoms with Crippen molar-refractivity contribution in [3.63, 3.8) is 0 Å². The number of carbonyl (C=O) groups is 2. The van der Waals surface area contributed by atoms with E-state index in [9.17, 15) is 9.59 Å². The average Bonchev–Trinajstić information content (AvgIpc) is 2.73. The van der Waals surface area contributed by atoms with Crippen LogP contribution in [0.15, 0.2) is 42.5 Å². The molecule has 0 saturated carbocycles. The molecule has 0 fully saturated rings. The Morgan fingerprint density at radius 2 is 1.77 bits per heavy atom. The van der Waals surface area contributed by atoms with Crippen LogP contribution in [0, 0.1) is 0 Å². The highest BCUT2D eigenvalue weighted by molar-refractivity contribution is 6.42. The minimum absolute atomic E-state index is 0.126. The molecule has 7 heteroatoms. The van der Waals surface area contributed by atoms with Gasteiger partial charge in [0.2, 0.25) is 11.8 Å². The summed E-state index contributed by atoms with van der Waals surface area (Å²) in [5, 5.41) is 4.40. The summed E-state index contributed by atoms with van der Waals surface area (Å²) in [4.78, 5) is 27.3. The maximum Gasteiger partial charge on any atom is 0.242 e. The molecule has 0 bridgehead atoms. The van der Waals surface area contributed by atoms with E-state index >= 15 is 0 Å². The molecule has 0 aliphatic rings. The fraction of sp³-hybridized carbons (Fsp3) is 0.391. The first kappa shape index (κ1) is 24.5. The molecule has 0 unspecified atom stereocenters. The molecule has 2 amide bonds. The lowest BCUT2D eigenvalue weighted by atomic mass is 10.1. The molecule has 0 aliphatic heterocycles. The van der Waals surface area contributed by atoms with Gasteiger partial charge in [-0.25, -0.2) is 0 Å². The Balaban J connectivity index is 2.15. The summed E-state index contributed by atoms with van der Waals surface area (Å²) in [6.45, 7) is 4.66. The predicted molar refractivity (Wildman–Crippen MR) is 124 cm³/mol. The maximum atomic E-state index is 13.1. The second-order valence-corrected chi connectivity index (χ2v) is 8.40. The number of aryl methyl sites for hydroxylation is 1. The van der Waals surface area contributed by atoms with Crippen LogP contribution in [-0.2, 0) is 22.6 Å². The number of nitrogens with one attached hydrogen (secondary N) is 1. The number of amides is 2. The van der Waals surface area contributed by atoms with Gasteiger partial charge in [-0.2, -0.15) is 0 Å². The summed E-state index contributed by atoms with van der Waals surface area (Å²) in [6, 6.07) is 12.1. The predicted octanol–water partition coefficient (Wildman–Crippen LogP) is 5.91. The van der Waals surface area contributed by atoms with Crippen LogP contribution in [-0.4, -0.2) is 29.3 Å². The Morgan fingerprint density at radius 1 is 1.03 bits per heavy atom. The van der Waals surface area contributed by atoms with Crippen LogP contribution in [0.25, 0.3) is 0 Å². The highest BCUT2D eigenvalue weighted by Gasteiger charge is 2.26. The summed E-state index contributed by atoms with van der Waals surface area (Å²) in [7, 11) is 0. The molecule has 2 aromatic rings. The Bertz CT molecular complexity index is 873. The molecule has 1 N–H and O–H groups in total. The second-order valence-electron chi connectivity index (χ2n) is 7.18. The standard InChI is InChI=1S/C23H27Cl3N2O2/c1-3-4-13-27-23(30)16(2)28(15-17-9-11-20(25)21(26)14-17)22(29)12-10-18-7-5-6-8-19(18)24/h5-9,11,14,16H,3-4,10,12-13,15H2,1-2H3,(H,27,30)/t16-/m1/s1. The van der Waals surface area contributed by atoms with Crippen molar-refractivity contribution < 1.29 is 9.59 Å². The molecule has 0 heterocycles. The van der Waals surface area contributed by atoms with Gasteiger partial charge in [0.05, 0.1) is 10.0 Å². The highest BCUT2D eigenvalue weighted by atomic mass is 35.5. The van der Waals surface area contributed by atoms with Crippen LogP contribution in [0.5, 0.6) is 0 Å². The van der Waals surface area contributed by atoms with E-state index in [0.29, 0.717) is 28.0 Å². The van der Waals surface area contributed by atoms with Crippen LogP contribution in [0.3, 0.4) is 0 Å². The minimum atomic E-state index is -0.616. The topological polar surface area (TPSA) is 49.4 Å². The maximum absolute atomic E-state index is 13.1. The third kappa shape index (κ3) is 7.19. The van der Waals surface area contributed by atoms with E-state index in [-0.39, 0.29) is 24.8 Å². The Kier molecular flexibility index (Phi) is 9.96. The summed E-state index contributed by atoms with van der Waals surface area (Å²) in [5.74, 6) is -0.297. The normalized spacial score (nSPS) is 11.8. The first-order valence-corrected chi connectivity index (χ1v) is 11.2. The fourth-order valence-corrected chi connectivity index (χ4v) is 3.59. The van der Waals surface area contributed by atoms with Crippen LogP contribution in [0.1, 0.15) is 44.2 Å². The van der Waals surface area contributed by atoms with Gasteiger partial charge in [-0.1, -0.05) is 72.4 Å². The molecule has 0 aliphatic carbocycles. The fourth-order valence-electron chi connectivity index (χ4n) is 3.04. The highest BCUT2D eigenvalue weighted by Crippen LogP contribution is 2.24. The van der Waals surface area contributed by atoms with E-state index in [1.807, 2.05) is 24.3 Å². The molecule has 2 aromatic carbocycles. The number of carbonyl (C=O) groups excluding carboxylic acids is 2. The number of nitrogens with zero attached hydrogens (tertiary/aromatic N) is 1. The summed E-state index contributed by atoms with van der Waals surface area (Å²) in [6.07, 6.45) is 2.63. The number of benzene rings is 2. The largest absolute Gasteiger partial charge is 0.354 e. The van der Waals surface area contributed by atoms with Crippen LogP contribution < -0.4 is 5.32 Å². The van der Waals surface area contributed by atoms with Crippen molar-refractivity contribution in [2.24, 2.45) is 0 Å². The van der Waals surface area contributed by atoms with Gasteiger partial charge in [-0.05, 0) is 49.1 Å². The van der Waals surface area contributed by atoms with Crippen LogP contribution >= 0.6 is 34.8 Å². The van der Waals surface area contributed by atoms with Crippen molar-refractivity contribution in [2.45, 2.75) is 52.1 Å². The second kappa shape index (κ2) is 12.2. The number of hydrogen-bond acceptors (Lipinski definition) is 2. The molecule has 4 nitrogen and oxygen atoms in total. The molecular formula is C23H27Cl3N2O2. The molecule has 0 radical (unpaired) electrons. The zero-order chi connectivity index (χ0) is 22.1. The SMILES string of the molecule is CCCCNC(=O)[C@@H](C)N(Cc1ccc(Cl)c(Cl)c1)C(=O)CCc1ccccc1Cl. The van der Waals surface area contributed by atoms with E-state index in [0.717, 1.165) is 24.0 Å². The van der Waals surface area contributed by atoms with E-state index in [2.05, 4.69) is 12.2 Å². The third-order valence-corrected chi connectivity index (χ3v) is 6.01. The van der Waals surface area contributed by atoms with E-state index in [1.54, 1.807) is 30.0 Å². The average molecular weight is 470 g/mol. The zero-order valence-electron chi connectivity index (χ0n) is 17.3. The summed E-state index contributed by atoms with van der Waals surface area (Å²) < 4.78 is 0. The minimum Gasteiger partial charge on any atom is -0.354 e. The van der Waals surface area contributed by atoms with E-state index < -0.39 is 6.04 Å². The van der Waals surface area contributed by atoms with Crippen molar-refractivity contribution in [3.05, 3.63) is 68.7 Å². The Morgan fingerprint density at radius 3 is 2.43 bits per heavy atom. The zero-order valence-corrected chi connectivity index (χ0v) is 19.5. The van der Waals surface area contributed by atoms with Crippen molar-refractivity contribution >= 4 is 46.6 Å². The van der Waals surface area contributed by atoms with Crippen molar-refractivity contribution in [1.82, 2.24) is 10.2 Å². The van der Waals surface area contributed by atoms with Gasteiger partial charge in [0, 0.05) is 24.5 Å². The van der Waals surface area contributed by atoms with Crippen molar-refractivity contribution in [2.75, 3.05) is 6.54 Å². The molecule has 2 rings (SSSR count). The lowest BCUT2D eigenvalue weighted by molar-refractivity contribution is -0.140. The molecule has 162 valence electrons. The lowest BCUT2D eigenvalue weighted by Gasteiger charge is -2.29. The molecule has 0 saturated heterocycles. The van der Waals surface area contributed by atoms with Gasteiger partial charge in [0.1, 0.15) is 6.04 Å². The van der Waals surface area contributed by atoms with Gasteiger partial charge >= 0.3 is 0 Å². The molecule has 0 aromatic heterocycles. The first-order valence-electron chi connectivity index (χ1n) is 10.1. The molecule has 1 atom stereocenters. The quantitative estimate of drug-likeness (QED) is 0.440. The molecule has 30 heavy (non-hydrogen) atoms. The first-order chi connectivity index (χ1) is 14.3. The van der Waals surface area contributed by atoms with Gasteiger partial charge in [-0.3, -0.25) is 9.59 Å². The van der Waals surface area contributed by atoms with Gasteiger partial charge in [0.15, 0.2) is 0 Å². The van der Waals surface area contributed by atoms with Gasteiger partial charge in [-0.15, -0.1) is 0 Å². The van der Waals surface area contributed by atoms with Crippen molar-refractivity contribution in [3.8, 4) is 0 Å². The lowest BCUT2D eigenvalue weighted by Crippen LogP contribution is -2.47. The Hall–Kier alpha value is -1.75. The van der Waals surface area contributed by atoms with Gasteiger partial charge < -0.3 is 10.2 Å². The molecular weight excluding hydrogens is 443 g/mol. The van der Waals surface area contributed by atoms with E-state index in [4.69, 9.17) is 34.8 Å². The number of rotatable bonds is 10. The van der Waals surface area contributed by atoms with Crippen molar-refractivity contribution in [1.29, 1.82) is 0 Å². The smallest absolute Gasteiger partial charge is 0.242 e. The number of unbranched alkanes of at least 4 members (excludes halogenated alkanes) is 1. The van der Waals surface area contributed by atoms with Gasteiger partial charge in [0.25, 0.3) is 0 Å². The van der Waals surface area contributed by atoms with Crippen LogP contribution in [0.2, 0.25) is 15.1 Å². The van der Waals surface area contributed by atoms with Crippen LogP contribution in [0.4, 0.5) is 0 Å². The van der Waals surface area contributed by atoms with E-state index in [1.165, 1.54) is 0 Å². The third-order valence-electron chi connectivity index (χ3n) is 4.90.